The first-order valence-corrected chi connectivity index (χ1v) is 5.15. The Hall–Kier alpha value is -1.37. The molecular weight excluding hydrogens is 251 g/mol. The van der Waals surface area contributed by atoms with Crippen molar-refractivity contribution in [2.24, 2.45) is 11.7 Å². The molecule has 0 saturated heterocycles. The quantitative estimate of drug-likeness (QED) is 0.766. The van der Waals surface area contributed by atoms with Gasteiger partial charge in [-0.3, -0.25) is 4.79 Å². The van der Waals surface area contributed by atoms with Gasteiger partial charge < -0.3 is 10.8 Å². The second-order valence-corrected chi connectivity index (χ2v) is 4.18. The van der Waals surface area contributed by atoms with Crippen molar-refractivity contribution in [1.29, 1.82) is 0 Å². The predicted molar refractivity (Wildman–Crippen MR) is 60.9 cm³/mol. The molecule has 1 unspecified atom stereocenters. The number of hydrogen-bond donors (Lipinski definition) is 2. The number of carbonyl (C=O) groups excluding carboxylic acids is 1. The van der Waals surface area contributed by atoms with E-state index in [4.69, 9.17) is 15.6 Å². The van der Waals surface area contributed by atoms with Gasteiger partial charge >= 0.3 is 12.1 Å². The van der Waals surface area contributed by atoms with E-state index in [-0.39, 0.29) is 11.8 Å². The van der Waals surface area contributed by atoms with Gasteiger partial charge in [0.05, 0.1) is 6.04 Å². The zero-order chi connectivity index (χ0) is 15.1. The molecule has 106 valence electrons. The van der Waals surface area contributed by atoms with Crippen LogP contribution in [0.15, 0.2) is 12.2 Å². The third-order valence-electron chi connectivity index (χ3n) is 1.73. The summed E-state index contributed by atoms with van der Waals surface area (Å²) in [6.07, 6.45) is -4.34. The highest BCUT2D eigenvalue weighted by Crippen LogP contribution is 2.13. The number of ketones is 1. The number of carboxylic acid groups (broad SMARTS) is 1. The summed E-state index contributed by atoms with van der Waals surface area (Å²) in [7, 11) is 0. The smallest absolute Gasteiger partial charge is 0.475 e. The Kier molecular flexibility index (Phi) is 8.29. The lowest BCUT2D eigenvalue weighted by Gasteiger charge is -2.11. The minimum Gasteiger partial charge on any atom is -0.475 e. The van der Waals surface area contributed by atoms with Crippen LogP contribution in [-0.2, 0) is 9.59 Å². The van der Waals surface area contributed by atoms with Crippen molar-refractivity contribution in [3.05, 3.63) is 12.2 Å². The van der Waals surface area contributed by atoms with E-state index < -0.39 is 12.1 Å². The summed E-state index contributed by atoms with van der Waals surface area (Å²) in [4.78, 5) is 20.0. The summed E-state index contributed by atoms with van der Waals surface area (Å²) in [6.45, 7) is 9.35. The highest BCUT2D eigenvalue weighted by atomic mass is 19.4. The predicted octanol–water partition coefficient (Wildman–Crippen LogP) is 2.14. The van der Waals surface area contributed by atoms with E-state index in [1.54, 1.807) is 6.92 Å². The van der Waals surface area contributed by atoms with Crippen molar-refractivity contribution in [1.82, 2.24) is 0 Å². The van der Waals surface area contributed by atoms with Crippen LogP contribution in [0.1, 0.15) is 27.2 Å². The molecule has 0 aromatic rings. The summed E-state index contributed by atoms with van der Waals surface area (Å²) < 4.78 is 31.7. The Labute approximate surface area is 104 Å². The fourth-order valence-electron chi connectivity index (χ4n) is 0.931. The molecule has 0 aromatic carbocycles. The number of carbonyl (C=O) groups is 2. The molecule has 0 fully saturated rings. The van der Waals surface area contributed by atoms with Gasteiger partial charge in [-0.25, -0.2) is 4.79 Å². The van der Waals surface area contributed by atoms with Crippen LogP contribution in [0.4, 0.5) is 13.2 Å². The topological polar surface area (TPSA) is 80.4 Å². The molecule has 0 aliphatic carbocycles. The first-order chi connectivity index (χ1) is 7.89. The molecule has 0 rings (SSSR count). The van der Waals surface area contributed by atoms with E-state index in [0.29, 0.717) is 11.5 Å². The molecule has 7 heteroatoms. The first-order valence-electron chi connectivity index (χ1n) is 5.15. The number of alkyl halides is 3. The fourth-order valence-corrected chi connectivity index (χ4v) is 0.931. The van der Waals surface area contributed by atoms with Crippen LogP contribution in [0.5, 0.6) is 0 Å². The van der Waals surface area contributed by atoms with Crippen molar-refractivity contribution in [3.8, 4) is 0 Å². The molecule has 0 bridgehead atoms. The molecule has 0 aromatic heterocycles. The van der Waals surface area contributed by atoms with Crippen LogP contribution in [0.25, 0.3) is 0 Å². The lowest BCUT2D eigenvalue weighted by atomic mass is 9.98. The van der Waals surface area contributed by atoms with Gasteiger partial charge in [0.2, 0.25) is 0 Å². The summed E-state index contributed by atoms with van der Waals surface area (Å²) in [5.41, 5.74) is 6.16. The highest BCUT2D eigenvalue weighted by Gasteiger charge is 2.38. The normalized spacial score (nSPS) is 12.4. The van der Waals surface area contributed by atoms with Crippen LogP contribution in [0, 0.1) is 5.92 Å². The Morgan fingerprint density at radius 1 is 1.33 bits per heavy atom. The number of Topliss-reactive ketones (excluding diaryl/α,β-unsaturated/α-hetero) is 1. The van der Waals surface area contributed by atoms with Crippen molar-refractivity contribution in [2.75, 3.05) is 0 Å². The molecular formula is C11H18F3NO3. The first kappa shape index (κ1) is 19.0. The van der Waals surface area contributed by atoms with Crippen LogP contribution < -0.4 is 5.73 Å². The average molecular weight is 269 g/mol. The number of rotatable bonds is 4. The Bertz CT molecular complexity index is 311. The summed E-state index contributed by atoms with van der Waals surface area (Å²) in [5, 5.41) is 7.12. The minimum atomic E-state index is -5.08. The van der Waals surface area contributed by atoms with Crippen molar-refractivity contribution < 1.29 is 27.9 Å². The number of carboxylic acids is 1. The minimum absolute atomic E-state index is 0.0151. The third kappa shape index (κ3) is 9.83. The number of nitrogens with two attached hydrogens (primary N) is 1. The van der Waals surface area contributed by atoms with Gasteiger partial charge in [0.15, 0.2) is 5.78 Å². The van der Waals surface area contributed by atoms with E-state index in [1.165, 1.54) is 0 Å². The Balaban J connectivity index is 0. The molecule has 0 saturated carbocycles. The monoisotopic (exact) mass is 269 g/mol. The zero-order valence-electron chi connectivity index (χ0n) is 10.5. The van der Waals surface area contributed by atoms with Crippen LogP contribution in [-0.4, -0.2) is 29.1 Å². The molecule has 18 heavy (non-hydrogen) atoms. The maximum Gasteiger partial charge on any atom is 0.490 e. The van der Waals surface area contributed by atoms with Gasteiger partial charge in [0.25, 0.3) is 0 Å². The lowest BCUT2D eigenvalue weighted by molar-refractivity contribution is -0.192. The molecule has 0 spiro atoms. The van der Waals surface area contributed by atoms with E-state index in [9.17, 15) is 18.0 Å². The van der Waals surface area contributed by atoms with E-state index >= 15 is 0 Å². The number of aliphatic carboxylic acids is 1. The van der Waals surface area contributed by atoms with Gasteiger partial charge in [-0.15, -0.1) is 0 Å². The molecule has 3 N–H and O–H groups in total. The molecule has 0 aliphatic rings. The highest BCUT2D eigenvalue weighted by molar-refractivity contribution is 5.98. The third-order valence-corrected chi connectivity index (χ3v) is 1.73. The van der Waals surface area contributed by atoms with Crippen molar-refractivity contribution in [3.63, 3.8) is 0 Å². The molecule has 0 amide bonds. The number of halogens is 3. The Morgan fingerprint density at radius 2 is 1.67 bits per heavy atom. The van der Waals surface area contributed by atoms with E-state index in [2.05, 4.69) is 6.58 Å². The zero-order valence-corrected chi connectivity index (χ0v) is 10.5. The van der Waals surface area contributed by atoms with Gasteiger partial charge in [-0.1, -0.05) is 20.4 Å². The van der Waals surface area contributed by atoms with Gasteiger partial charge in [0.1, 0.15) is 0 Å². The Morgan fingerprint density at radius 3 is 1.83 bits per heavy atom. The lowest BCUT2D eigenvalue weighted by Crippen LogP contribution is -2.32. The molecule has 1 atom stereocenters. The van der Waals surface area contributed by atoms with Gasteiger partial charge in [0, 0.05) is 0 Å². The maximum atomic E-state index is 11.2. The largest absolute Gasteiger partial charge is 0.490 e. The van der Waals surface area contributed by atoms with Crippen molar-refractivity contribution in [2.45, 2.75) is 39.4 Å². The van der Waals surface area contributed by atoms with Crippen LogP contribution in [0.2, 0.25) is 0 Å². The summed E-state index contributed by atoms with van der Waals surface area (Å²) >= 11 is 0. The SMILES string of the molecule is C=C(C)C(=O)C(N)CC(C)C.O=C(O)C(F)(F)F. The van der Waals surface area contributed by atoms with E-state index in [1.807, 2.05) is 13.8 Å². The fraction of sp³-hybridized carbons (Fsp3) is 0.636. The summed E-state index contributed by atoms with van der Waals surface area (Å²) in [5.74, 6) is -2.31. The molecule has 0 aliphatic heterocycles. The summed E-state index contributed by atoms with van der Waals surface area (Å²) in [6, 6.07) is -0.354. The van der Waals surface area contributed by atoms with Crippen LogP contribution >= 0.6 is 0 Å². The second kappa shape index (κ2) is 7.86. The average Bonchev–Trinajstić information content (AvgIpc) is 2.14. The molecule has 4 nitrogen and oxygen atoms in total. The van der Waals surface area contributed by atoms with Crippen LogP contribution in [0.3, 0.4) is 0 Å². The second-order valence-electron chi connectivity index (χ2n) is 4.18. The molecule has 0 heterocycles. The van der Waals surface area contributed by atoms with Gasteiger partial charge in [-0.2, -0.15) is 13.2 Å². The van der Waals surface area contributed by atoms with E-state index in [0.717, 1.165) is 6.42 Å². The van der Waals surface area contributed by atoms with Crippen molar-refractivity contribution >= 4 is 11.8 Å². The standard InChI is InChI=1S/C9H17NO.C2HF3O2/c1-6(2)5-8(10)9(11)7(3)4;3-2(4,5)1(6)7/h6,8H,3,5,10H2,1-2,4H3;(H,6,7). The maximum absolute atomic E-state index is 11.2. The molecule has 0 radical (unpaired) electrons. The van der Waals surface area contributed by atoms with Gasteiger partial charge in [-0.05, 0) is 24.8 Å². The number of hydrogen-bond acceptors (Lipinski definition) is 3.